The summed E-state index contributed by atoms with van der Waals surface area (Å²) in [7, 11) is 1.62. The van der Waals surface area contributed by atoms with Crippen LogP contribution in [0.2, 0.25) is 5.02 Å². The molecule has 20 heavy (non-hydrogen) atoms. The SMILES string of the molecule is COc1cccc(CC(CN)c2c(F)cccc2Cl)c1. The van der Waals surface area contributed by atoms with Crippen molar-refractivity contribution in [1.82, 2.24) is 0 Å². The van der Waals surface area contributed by atoms with Crippen molar-refractivity contribution in [2.75, 3.05) is 13.7 Å². The summed E-state index contributed by atoms with van der Waals surface area (Å²) >= 11 is 6.11. The predicted octanol–water partition coefficient (Wildman–Crippen LogP) is 3.77. The Labute approximate surface area is 123 Å². The lowest BCUT2D eigenvalue weighted by Crippen LogP contribution is -2.17. The third-order valence-electron chi connectivity index (χ3n) is 3.31. The first-order chi connectivity index (χ1) is 9.65. The molecule has 2 N–H and O–H groups in total. The molecular formula is C16H17ClFNO. The van der Waals surface area contributed by atoms with Crippen LogP contribution in [0.1, 0.15) is 17.0 Å². The fourth-order valence-electron chi connectivity index (χ4n) is 2.29. The van der Waals surface area contributed by atoms with Crippen LogP contribution in [0.4, 0.5) is 4.39 Å². The van der Waals surface area contributed by atoms with E-state index in [9.17, 15) is 4.39 Å². The summed E-state index contributed by atoms with van der Waals surface area (Å²) in [4.78, 5) is 0. The molecule has 0 spiro atoms. The van der Waals surface area contributed by atoms with Gasteiger partial charge in [-0.15, -0.1) is 0 Å². The molecule has 2 rings (SSSR count). The molecular weight excluding hydrogens is 277 g/mol. The molecule has 0 aliphatic rings. The minimum atomic E-state index is -0.309. The molecule has 0 radical (unpaired) electrons. The molecule has 0 amide bonds. The molecule has 1 atom stereocenters. The van der Waals surface area contributed by atoms with Gasteiger partial charge in [-0.2, -0.15) is 0 Å². The van der Waals surface area contributed by atoms with Gasteiger partial charge in [0.05, 0.1) is 7.11 Å². The van der Waals surface area contributed by atoms with E-state index in [1.165, 1.54) is 6.07 Å². The van der Waals surface area contributed by atoms with Crippen molar-refractivity contribution >= 4 is 11.6 Å². The third kappa shape index (κ3) is 3.30. The second-order valence-corrected chi connectivity index (χ2v) is 5.03. The van der Waals surface area contributed by atoms with E-state index in [0.717, 1.165) is 11.3 Å². The van der Waals surface area contributed by atoms with Crippen LogP contribution in [0.5, 0.6) is 5.75 Å². The summed E-state index contributed by atoms with van der Waals surface area (Å²) in [5.41, 5.74) is 7.33. The minimum Gasteiger partial charge on any atom is -0.497 e. The molecule has 0 saturated heterocycles. The first-order valence-corrected chi connectivity index (χ1v) is 6.80. The molecule has 0 aliphatic carbocycles. The fourth-order valence-corrected chi connectivity index (χ4v) is 2.61. The zero-order chi connectivity index (χ0) is 14.5. The van der Waals surface area contributed by atoms with Crippen LogP contribution >= 0.6 is 11.6 Å². The highest BCUT2D eigenvalue weighted by atomic mass is 35.5. The standard InChI is InChI=1S/C16H17ClFNO/c1-20-13-5-2-4-11(9-13)8-12(10-19)16-14(17)6-3-7-15(16)18/h2-7,9,12H,8,10,19H2,1H3. The van der Waals surface area contributed by atoms with E-state index >= 15 is 0 Å². The van der Waals surface area contributed by atoms with Crippen molar-refractivity contribution in [3.63, 3.8) is 0 Å². The van der Waals surface area contributed by atoms with Crippen molar-refractivity contribution in [3.8, 4) is 5.75 Å². The van der Waals surface area contributed by atoms with Gasteiger partial charge in [0, 0.05) is 16.5 Å². The highest BCUT2D eigenvalue weighted by molar-refractivity contribution is 6.31. The van der Waals surface area contributed by atoms with Crippen molar-refractivity contribution < 1.29 is 9.13 Å². The molecule has 0 aromatic heterocycles. The average molecular weight is 294 g/mol. The lowest BCUT2D eigenvalue weighted by atomic mass is 9.91. The van der Waals surface area contributed by atoms with Gasteiger partial charge in [-0.05, 0) is 42.8 Å². The van der Waals surface area contributed by atoms with E-state index in [2.05, 4.69) is 0 Å². The lowest BCUT2D eigenvalue weighted by molar-refractivity contribution is 0.414. The Kier molecular flexibility index (Phi) is 4.99. The number of hydrogen-bond acceptors (Lipinski definition) is 2. The minimum absolute atomic E-state index is 0.157. The maximum atomic E-state index is 14.0. The lowest BCUT2D eigenvalue weighted by Gasteiger charge is -2.18. The van der Waals surface area contributed by atoms with Crippen LogP contribution < -0.4 is 10.5 Å². The number of rotatable bonds is 5. The number of methoxy groups -OCH3 is 1. The summed E-state index contributed by atoms with van der Waals surface area (Å²) in [5, 5.41) is 0.420. The van der Waals surface area contributed by atoms with E-state index in [1.807, 2.05) is 24.3 Å². The van der Waals surface area contributed by atoms with Crippen molar-refractivity contribution in [3.05, 3.63) is 64.4 Å². The second kappa shape index (κ2) is 6.73. The normalized spacial score (nSPS) is 12.2. The van der Waals surface area contributed by atoms with Gasteiger partial charge in [-0.1, -0.05) is 29.8 Å². The van der Waals surface area contributed by atoms with Crippen LogP contribution in [0, 0.1) is 5.82 Å². The van der Waals surface area contributed by atoms with Crippen molar-refractivity contribution in [1.29, 1.82) is 0 Å². The number of benzene rings is 2. The molecule has 1 unspecified atom stereocenters. The Bertz CT molecular complexity index is 568. The first-order valence-electron chi connectivity index (χ1n) is 6.42. The molecule has 106 valence electrons. The quantitative estimate of drug-likeness (QED) is 0.911. The Balaban J connectivity index is 2.29. The number of nitrogens with two attached hydrogens (primary N) is 1. The van der Waals surface area contributed by atoms with E-state index in [0.29, 0.717) is 23.6 Å². The highest BCUT2D eigenvalue weighted by Crippen LogP contribution is 2.30. The van der Waals surface area contributed by atoms with E-state index in [4.69, 9.17) is 22.1 Å². The molecule has 2 aromatic rings. The number of halogens is 2. The zero-order valence-electron chi connectivity index (χ0n) is 11.3. The Morgan fingerprint density at radius 3 is 2.65 bits per heavy atom. The van der Waals surface area contributed by atoms with Gasteiger partial charge < -0.3 is 10.5 Å². The molecule has 0 bridgehead atoms. The molecule has 4 heteroatoms. The monoisotopic (exact) mass is 293 g/mol. The smallest absolute Gasteiger partial charge is 0.128 e. The van der Waals surface area contributed by atoms with Crippen LogP contribution in [-0.4, -0.2) is 13.7 Å². The molecule has 2 nitrogen and oxygen atoms in total. The molecule has 0 aliphatic heterocycles. The maximum Gasteiger partial charge on any atom is 0.128 e. The van der Waals surface area contributed by atoms with Crippen molar-refractivity contribution in [2.45, 2.75) is 12.3 Å². The van der Waals surface area contributed by atoms with Gasteiger partial charge in [-0.25, -0.2) is 4.39 Å². The van der Waals surface area contributed by atoms with Crippen LogP contribution in [0.15, 0.2) is 42.5 Å². The Hall–Kier alpha value is -1.58. The molecule has 0 fully saturated rings. The summed E-state index contributed by atoms with van der Waals surface area (Å²) in [6.07, 6.45) is 0.619. The van der Waals surface area contributed by atoms with Gasteiger partial charge in [0.15, 0.2) is 0 Å². The number of hydrogen-bond donors (Lipinski definition) is 1. The fraction of sp³-hybridized carbons (Fsp3) is 0.250. The summed E-state index contributed by atoms with van der Waals surface area (Å²) in [6.45, 7) is 0.331. The highest BCUT2D eigenvalue weighted by Gasteiger charge is 2.18. The van der Waals surface area contributed by atoms with Gasteiger partial charge >= 0.3 is 0 Å². The summed E-state index contributed by atoms with van der Waals surface area (Å²) in [6, 6.07) is 12.4. The average Bonchev–Trinajstić information content (AvgIpc) is 2.46. The van der Waals surface area contributed by atoms with E-state index < -0.39 is 0 Å². The van der Waals surface area contributed by atoms with Gasteiger partial charge in [0.2, 0.25) is 0 Å². The summed E-state index contributed by atoms with van der Waals surface area (Å²) in [5.74, 6) is 0.310. The van der Waals surface area contributed by atoms with Gasteiger partial charge in [-0.3, -0.25) is 0 Å². The van der Waals surface area contributed by atoms with Crippen LogP contribution in [0.3, 0.4) is 0 Å². The van der Waals surface area contributed by atoms with Gasteiger partial charge in [0.1, 0.15) is 11.6 Å². The zero-order valence-corrected chi connectivity index (χ0v) is 12.0. The first kappa shape index (κ1) is 14.8. The molecule has 0 heterocycles. The third-order valence-corrected chi connectivity index (χ3v) is 3.64. The largest absolute Gasteiger partial charge is 0.497 e. The van der Waals surface area contributed by atoms with E-state index in [1.54, 1.807) is 19.2 Å². The van der Waals surface area contributed by atoms with Crippen LogP contribution in [0.25, 0.3) is 0 Å². The Morgan fingerprint density at radius 2 is 2.00 bits per heavy atom. The predicted molar refractivity (Wildman–Crippen MR) is 79.9 cm³/mol. The molecule has 0 saturated carbocycles. The number of ether oxygens (including phenoxy) is 1. The van der Waals surface area contributed by atoms with E-state index in [-0.39, 0.29) is 11.7 Å². The Morgan fingerprint density at radius 1 is 1.25 bits per heavy atom. The molecule has 2 aromatic carbocycles. The van der Waals surface area contributed by atoms with Crippen LogP contribution in [-0.2, 0) is 6.42 Å². The van der Waals surface area contributed by atoms with Crippen molar-refractivity contribution in [2.24, 2.45) is 5.73 Å². The topological polar surface area (TPSA) is 35.2 Å². The maximum absolute atomic E-state index is 14.0. The van der Waals surface area contributed by atoms with Gasteiger partial charge in [0.25, 0.3) is 0 Å². The second-order valence-electron chi connectivity index (χ2n) is 4.62. The summed E-state index contributed by atoms with van der Waals surface area (Å²) < 4.78 is 19.2.